The SMILES string of the molecule is C.C.C.C.CNCCNCC(C)OCCO. The van der Waals surface area contributed by atoms with Crippen molar-refractivity contribution in [2.75, 3.05) is 39.9 Å². The number of hydrogen-bond acceptors (Lipinski definition) is 4. The minimum absolute atomic E-state index is 0. The topological polar surface area (TPSA) is 53.5 Å². The monoisotopic (exact) mass is 240 g/mol. The van der Waals surface area contributed by atoms with Gasteiger partial charge in [0.15, 0.2) is 0 Å². The Bertz CT molecular complexity index is 93.1. The first-order chi connectivity index (χ1) is 5.81. The lowest BCUT2D eigenvalue weighted by Crippen LogP contribution is -2.32. The van der Waals surface area contributed by atoms with Gasteiger partial charge in [-0.3, -0.25) is 0 Å². The Balaban J connectivity index is -0.000000101. The van der Waals surface area contributed by atoms with Crippen LogP contribution in [0.15, 0.2) is 0 Å². The van der Waals surface area contributed by atoms with Crippen LogP contribution in [-0.4, -0.2) is 51.1 Å². The van der Waals surface area contributed by atoms with Crippen LogP contribution < -0.4 is 10.6 Å². The Morgan fingerprint density at radius 3 is 2.12 bits per heavy atom. The molecule has 0 saturated carbocycles. The molecule has 0 heterocycles. The van der Waals surface area contributed by atoms with Gasteiger partial charge in [-0.2, -0.15) is 0 Å². The van der Waals surface area contributed by atoms with Gasteiger partial charge in [-0.05, 0) is 14.0 Å². The number of nitrogens with one attached hydrogen (secondary N) is 2. The molecule has 0 aliphatic rings. The van der Waals surface area contributed by atoms with Crippen LogP contribution in [0, 0.1) is 0 Å². The summed E-state index contributed by atoms with van der Waals surface area (Å²) in [7, 11) is 1.92. The normalized spacial score (nSPS) is 9.94. The van der Waals surface area contributed by atoms with E-state index in [0.717, 1.165) is 19.6 Å². The highest BCUT2D eigenvalue weighted by atomic mass is 16.5. The first-order valence-electron chi connectivity index (χ1n) is 4.39. The highest BCUT2D eigenvalue weighted by Crippen LogP contribution is 1.86. The molecule has 0 aromatic heterocycles. The zero-order chi connectivity index (χ0) is 9.23. The van der Waals surface area contributed by atoms with Crippen molar-refractivity contribution in [2.45, 2.75) is 42.7 Å². The van der Waals surface area contributed by atoms with Crippen LogP contribution in [-0.2, 0) is 4.74 Å². The number of likely N-dealkylation sites (N-methyl/N-ethyl adjacent to an activating group) is 1. The molecule has 0 radical (unpaired) electrons. The lowest BCUT2D eigenvalue weighted by molar-refractivity contribution is 0.0396. The second-order valence-electron chi connectivity index (χ2n) is 2.71. The molecule has 0 aromatic carbocycles. The molecule has 0 amide bonds. The van der Waals surface area contributed by atoms with E-state index in [9.17, 15) is 0 Å². The molecule has 4 nitrogen and oxygen atoms in total. The summed E-state index contributed by atoms with van der Waals surface area (Å²) in [6, 6.07) is 0. The minimum atomic E-state index is 0. The molecular formula is C12H36N2O2. The fraction of sp³-hybridized carbons (Fsp3) is 1.00. The lowest BCUT2D eigenvalue weighted by Gasteiger charge is -2.12. The third-order valence-corrected chi connectivity index (χ3v) is 1.48. The van der Waals surface area contributed by atoms with Crippen LogP contribution in [0.4, 0.5) is 0 Å². The summed E-state index contributed by atoms with van der Waals surface area (Å²) in [6.45, 7) is 5.26. The molecule has 0 aromatic rings. The van der Waals surface area contributed by atoms with Crippen molar-refractivity contribution in [3.63, 3.8) is 0 Å². The molecule has 16 heavy (non-hydrogen) atoms. The maximum absolute atomic E-state index is 8.47. The summed E-state index contributed by atoms with van der Waals surface area (Å²) in [6.07, 6.45) is 0.175. The van der Waals surface area contributed by atoms with Gasteiger partial charge >= 0.3 is 0 Å². The molecule has 0 spiro atoms. The number of aliphatic hydroxyl groups excluding tert-OH is 1. The number of ether oxygens (including phenoxy) is 1. The maximum atomic E-state index is 8.47. The molecule has 3 N–H and O–H groups in total. The van der Waals surface area contributed by atoms with E-state index in [0.29, 0.717) is 6.61 Å². The largest absolute Gasteiger partial charge is 0.394 e. The fourth-order valence-electron chi connectivity index (χ4n) is 0.832. The van der Waals surface area contributed by atoms with E-state index in [-0.39, 0.29) is 42.4 Å². The summed E-state index contributed by atoms with van der Waals surface area (Å²) in [5, 5.41) is 14.7. The Morgan fingerprint density at radius 2 is 1.69 bits per heavy atom. The number of aliphatic hydroxyl groups is 1. The van der Waals surface area contributed by atoms with Gasteiger partial charge in [0.1, 0.15) is 0 Å². The summed E-state index contributed by atoms with van der Waals surface area (Å²) in [4.78, 5) is 0. The number of hydrogen-bond donors (Lipinski definition) is 3. The molecule has 1 atom stereocenters. The smallest absolute Gasteiger partial charge is 0.0701 e. The Labute approximate surface area is 104 Å². The van der Waals surface area contributed by atoms with Crippen molar-refractivity contribution in [1.82, 2.24) is 10.6 Å². The molecule has 0 rings (SSSR count). The van der Waals surface area contributed by atoms with Crippen LogP contribution in [0.3, 0.4) is 0 Å². The second-order valence-corrected chi connectivity index (χ2v) is 2.71. The first kappa shape index (κ1) is 29.7. The van der Waals surface area contributed by atoms with Gasteiger partial charge < -0.3 is 20.5 Å². The molecule has 0 aliphatic carbocycles. The van der Waals surface area contributed by atoms with Gasteiger partial charge in [0.2, 0.25) is 0 Å². The highest BCUT2D eigenvalue weighted by molar-refractivity contribution is 4.55. The second kappa shape index (κ2) is 24.2. The van der Waals surface area contributed by atoms with Crippen molar-refractivity contribution in [1.29, 1.82) is 0 Å². The van der Waals surface area contributed by atoms with E-state index in [1.54, 1.807) is 0 Å². The van der Waals surface area contributed by atoms with Gasteiger partial charge in [-0.25, -0.2) is 0 Å². The first-order valence-corrected chi connectivity index (χ1v) is 4.39. The average Bonchev–Trinajstić information content (AvgIpc) is 2.09. The molecular weight excluding hydrogens is 204 g/mol. The Hall–Kier alpha value is -0.160. The summed E-state index contributed by atoms with van der Waals surface area (Å²) < 4.78 is 5.24. The van der Waals surface area contributed by atoms with E-state index in [4.69, 9.17) is 9.84 Å². The summed E-state index contributed by atoms with van der Waals surface area (Å²) >= 11 is 0. The maximum Gasteiger partial charge on any atom is 0.0701 e. The molecule has 0 bridgehead atoms. The molecule has 4 heteroatoms. The van der Waals surface area contributed by atoms with E-state index in [1.807, 2.05) is 14.0 Å². The molecule has 1 unspecified atom stereocenters. The average molecular weight is 240 g/mol. The minimum Gasteiger partial charge on any atom is -0.394 e. The van der Waals surface area contributed by atoms with Crippen LogP contribution in [0.25, 0.3) is 0 Å². The standard InChI is InChI=1S/C8H20N2O2.4CH4/c1-8(12-6-5-11)7-10-4-3-9-2;;;;/h8-11H,3-7H2,1-2H3;4*1H4. The van der Waals surface area contributed by atoms with E-state index in [1.165, 1.54) is 0 Å². The molecule has 0 aliphatic heterocycles. The Kier molecular flexibility index (Phi) is 44.9. The van der Waals surface area contributed by atoms with Crippen LogP contribution in [0.1, 0.15) is 36.6 Å². The predicted octanol–water partition coefficient (Wildman–Crippen LogP) is 1.74. The van der Waals surface area contributed by atoms with Crippen molar-refractivity contribution < 1.29 is 9.84 Å². The zero-order valence-electron chi connectivity index (χ0n) is 7.97. The number of rotatable bonds is 8. The van der Waals surface area contributed by atoms with Crippen LogP contribution in [0.5, 0.6) is 0 Å². The van der Waals surface area contributed by atoms with Crippen molar-refractivity contribution in [2.24, 2.45) is 0 Å². The molecule has 0 saturated heterocycles. The molecule has 106 valence electrons. The van der Waals surface area contributed by atoms with Crippen molar-refractivity contribution >= 4 is 0 Å². The van der Waals surface area contributed by atoms with Crippen LogP contribution >= 0.6 is 0 Å². The van der Waals surface area contributed by atoms with Gasteiger partial charge in [-0.1, -0.05) is 29.7 Å². The Morgan fingerprint density at radius 1 is 1.12 bits per heavy atom. The quantitative estimate of drug-likeness (QED) is 0.566. The van der Waals surface area contributed by atoms with Gasteiger partial charge in [-0.15, -0.1) is 0 Å². The third kappa shape index (κ3) is 23.6. The lowest BCUT2D eigenvalue weighted by atomic mass is 10.4. The fourth-order valence-corrected chi connectivity index (χ4v) is 0.832. The predicted molar refractivity (Wildman–Crippen MR) is 76.2 cm³/mol. The van der Waals surface area contributed by atoms with Crippen LogP contribution in [0.2, 0.25) is 0 Å². The summed E-state index contributed by atoms with van der Waals surface area (Å²) in [5.41, 5.74) is 0. The third-order valence-electron chi connectivity index (χ3n) is 1.48. The van der Waals surface area contributed by atoms with Crippen molar-refractivity contribution in [3.8, 4) is 0 Å². The highest BCUT2D eigenvalue weighted by Gasteiger charge is 1.99. The van der Waals surface area contributed by atoms with E-state index in [2.05, 4.69) is 10.6 Å². The van der Waals surface area contributed by atoms with Crippen molar-refractivity contribution in [3.05, 3.63) is 0 Å². The van der Waals surface area contributed by atoms with E-state index >= 15 is 0 Å². The van der Waals surface area contributed by atoms with Gasteiger partial charge in [0.05, 0.1) is 19.3 Å². The summed E-state index contributed by atoms with van der Waals surface area (Å²) in [5.74, 6) is 0. The van der Waals surface area contributed by atoms with Gasteiger partial charge in [0, 0.05) is 19.6 Å². The zero-order valence-corrected chi connectivity index (χ0v) is 7.97. The molecule has 0 fully saturated rings. The van der Waals surface area contributed by atoms with Gasteiger partial charge in [0.25, 0.3) is 0 Å². The van der Waals surface area contributed by atoms with E-state index < -0.39 is 0 Å².